The lowest BCUT2D eigenvalue weighted by Gasteiger charge is -2.10. The first-order valence-corrected chi connectivity index (χ1v) is 5.18. The largest absolute Gasteiger partial charge is 0.494 e. The molecule has 0 spiro atoms. The van der Waals surface area contributed by atoms with Gasteiger partial charge in [0.15, 0.2) is 11.6 Å². The standard InChI is InChI=1S/C12H12FNO3/c1-14-11(15)6-8(12(14)16)7-3-4-9(13)10(5-7)17-2/h3-5,8H,6H2,1-2H3. The summed E-state index contributed by atoms with van der Waals surface area (Å²) in [7, 11) is 2.81. The van der Waals surface area contributed by atoms with E-state index in [-0.39, 0.29) is 24.0 Å². The van der Waals surface area contributed by atoms with Crippen LogP contribution in [0.15, 0.2) is 18.2 Å². The zero-order chi connectivity index (χ0) is 12.6. The van der Waals surface area contributed by atoms with Crippen molar-refractivity contribution in [1.29, 1.82) is 0 Å². The molecule has 1 unspecified atom stereocenters. The van der Waals surface area contributed by atoms with Crippen molar-refractivity contribution in [2.45, 2.75) is 12.3 Å². The zero-order valence-electron chi connectivity index (χ0n) is 9.57. The molecule has 1 aromatic rings. The average Bonchev–Trinajstić information content (AvgIpc) is 2.58. The minimum Gasteiger partial charge on any atom is -0.494 e. The Morgan fingerprint density at radius 2 is 2.12 bits per heavy atom. The molecule has 1 atom stereocenters. The van der Waals surface area contributed by atoms with Crippen molar-refractivity contribution in [3.05, 3.63) is 29.6 Å². The van der Waals surface area contributed by atoms with Crippen LogP contribution in [0.2, 0.25) is 0 Å². The number of carbonyl (C=O) groups is 2. The first kappa shape index (κ1) is 11.6. The van der Waals surface area contributed by atoms with Gasteiger partial charge in [0.25, 0.3) is 0 Å². The van der Waals surface area contributed by atoms with Crippen LogP contribution in [0.25, 0.3) is 0 Å². The molecule has 1 aliphatic rings. The van der Waals surface area contributed by atoms with Crippen LogP contribution in [0.5, 0.6) is 5.75 Å². The summed E-state index contributed by atoms with van der Waals surface area (Å²) >= 11 is 0. The minimum atomic E-state index is -0.526. The summed E-state index contributed by atoms with van der Waals surface area (Å²) in [5, 5.41) is 0. The molecule has 17 heavy (non-hydrogen) atoms. The normalized spacial score (nSPS) is 19.9. The van der Waals surface area contributed by atoms with Gasteiger partial charge in [-0.25, -0.2) is 4.39 Å². The van der Waals surface area contributed by atoms with E-state index in [1.807, 2.05) is 0 Å². The van der Waals surface area contributed by atoms with E-state index in [0.29, 0.717) is 5.56 Å². The summed E-state index contributed by atoms with van der Waals surface area (Å²) < 4.78 is 18.1. The second kappa shape index (κ2) is 4.16. The van der Waals surface area contributed by atoms with Gasteiger partial charge in [0, 0.05) is 13.5 Å². The molecule has 1 aromatic carbocycles. The van der Waals surface area contributed by atoms with Crippen LogP contribution in [0.1, 0.15) is 17.9 Å². The highest BCUT2D eigenvalue weighted by Gasteiger charge is 2.37. The number of amides is 2. The van der Waals surface area contributed by atoms with E-state index in [4.69, 9.17) is 4.74 Å². The number of nitrogens with zero attached hydrogens (tertiary/aromatic N) is 1. The summed E-state index contributed by atoms with van der Waals surface area (Å²) in [6.45, 7) is 0. The van der Waals surface area contributed by atoms with Crippen LogP contribution in [-0.2, 0) is 9.59 Å². The third kappa shape index (κ3) is 1.88. The molecule has 4 nitrogen and oxygen atoms in total. The Bertz CT molecular complexity index is 487. The van der Waals surface area contributed by atoms with Gasteiger partial charge in [0.05, 0.1) is 13.0 Å². The number of rotatable bonds is 2. The topological polar surface area (TPSA) is 46.6 Å². The van der Waals surface area contributed by atoms with Crippen molar-refractivity contribution < 1.29 is 18.7 Å². The van der Waals surface area contributed by atoms with Gasteiger partial charge in [-0.2, -0.15) is 0 Å². The Balaban J connectivity index is 2.35. The van der Waals surface area contributed by atoms with Crippen molar-refractivity contribution >= 4 is 11.8 Å². The Labute approximate surface area is 98.0 Å². The molecule has 0 N–H and O–H groups in total. The van der Waals surface area contributed by atoms with Crippen LogP contribution in [0.4, 0.5) is 4.39 Å². The van der Waals surface area contributed by atoms with E-state index in [9.17, 15) is 14.0 Å². The lowest BCUT2D eigenvalue weighted by Crippen LogP contribution is -2.25. The number of imide groups is 1. The lowest BCUT2D eigenvalue weighted by atomic mass is 9.97. The lowest BCUT2D eigenvalue weighted by molar-refractivity contribution is -0.137. The molecule has 2 rings (SSSR count). The van der Waals surface area contributed by atoms with Crippen LogP contribution in [-0.4, -0.2) is 30.9 Å². The Hall–Kier alpha value is -1.91. The Morgan fingerprint density at radius 1 is 1.41 bits per heavy atom. The molecule has 0 saturated carbocycles. The number of likely N-dealkylation sites (tertiary alicyclic amines) is 1. The highest BCUT2D eigenvalue weighted by molar-refractivity contribution is 6.05. The predicted octanol–water partition coefficient (Wildman–Crippen LogP) is 1.31. The first-order valence-electron chi connectivity index (χ1n) is 5.18. The monoisotopic (exact) mass is 237 g/mol. The summed E-state index contributed by atoms with van der Waals surface area (Å²) in [5.41, 5.74) is 0.603. The zero-order valence-corrected chi connectivity index (χ0v) is 9.57. The molecule has 1 fully saturated rings. The first-order chi connectivity index (χ1) is 8.04. The van der Waals surface area contributed by atoms with E-state index < -0.39 is 11.7 Å². The van der Waals surface area contributed by atoms with Crippen molar-refractivity contribution in [3.63, 3.8) is 0 Å². The number of methoxy groups -OCH3 is 1. The fraction of sp³-hybridized carbons (Fsp3) is 0.333. The van der Waals surface area contributed by atoms with Crippen molar-refractivity contribution in [2.24, 2.45) is 0 Å². The molecule has 1 aliphatic heterocycles. The molecule has 0 bridgehead atoms. The summed E-state index contributed by atoms with van der Waals surface area (Å²) in [4.78, 5) is 24.3. The minimum absolute atomic E-state index is 0.0808. The molecule has 1 saturated heterocycles. The maximum absolute atomic E-state index is 13.2. The molecule has 0 aromatic heterocycles. The number of ether oxygens (including phenoxy) is 1. The van der Waals surface area contributed by atoms with Gasteiger partial charge in [0.2, 0.25) is 11.8 Å². The van der Waals surface area contributed by atoms with Gasteiger partial charge in [-0.05, 0) is 17.7 Å². The summed E-state index contributed by atoms with van der Waals surface area (Å²) in [6, 6.07) is 4.21. The number of carbonyl (C=O) groups excluding carboxylic acids is 2. The van der Waals surface area contributed by atoms with Gasteiger partial charge >= 0.3 is 0 Å². The van der Waals surface area contributed by atoms with Gasteiger partial charge in [-0.15, -0.1) is 0 Å². The third-order valence-electron chi connectivity index (χ3n) is 2.96. The third-order valence-corrected chi connectivity index (χ3v) is 2.96. The number of hydrogen-bond acceptors (Lipinski definition) is 3. The highest BCUT2D eigenvalue weighted by atomic mass is 19.1. The van der Waals surface area contributed by atoms with Crippen LogP contribution in [0.3, 0.4) is 0 Å². The summed E-state index contributed by atoms with van der Waals surface area (Å²) in [6.07, 6.45) is 0.129. The molecular formula is C12H12FNO3. The number of hydrogen-bond donors (Lipinski definition) is 0. The van der Waals surface area contributed by atoms with E-state index in [0.717, 1.165) is 4.90 Å². The number of likely N-dealkylation sites (N-methyl/N-ethyl adjacent to an activating group) is 1. The number of halogens is 1. The molecular weight excluding hydrogens is 225 g/mol. The maximum Gasteiger partial charge on any atom is 0.236 e. The maximum atomic E-state index is 13.2. The van der Waals surface area contributed by atoms with E-state index in [1.165, 1.54) is 32.4 Å². The molecule has 90 valence electrons. The Kier molecular flexibility index (Phi) is 2.83. The molecule has 0 aliphatic carbocycles. The van der Waals surface area contributed by atoms with Crippen molar-refractivity contribution in [3.8, 4) is 5.75 Å². The van der Waals surface area contributed by atoms with Crippen molar-refractivity contribution in [1.82, 2.24) is 4.90 Å². The number of benzene rings is 1. The van der Waals surface area contributed by atoms with Gasteiger partial charge < -0.3 is 4.74 Å². The molecule has 1 heterocycles. The van der Waals surface area contributed by atoms with Gasteiger partial charge in [-0.1, -0.05) is 6.07 Å². The second-order valence-corrected chi connectivity index (χ2v) is 3.94. The molecule has 2 amide bonds. The fourth-order valence-electron chi connectivity index (χ4n) is 1.91. The van der Waals surface area contributed by atoms with E-state index in [2.05, 4.69) is 0 Å². The summed E-state index contributed by atoms with van der Waals surface area (Å²) in [5.74, 6) is -1.41. The SMILES string of the molecule is COc1cc(C2CC(=O)N(C)C2=O)ccc1F. The van der Waals surface area contributed by atoms with Gasteiger partial charge in [-0.3, -0.25) is 14.5 Å². The van der Waals surface area contributed by atoms with Gasteiger partial charge in [0.1, 0.15) is 0 Å². The molecule has 5 heteroatoms. The van der Waals surface area contributed by atoms with Crippen LogP contribution < -0.4 is 4.74 Å². The van der Waals surface area contributed by atoms with Crippen LogP contribution >= 0.6 is 0 Å². The van der Waals surface area contributed by atoms with Crippen molar-refractivity contribution in [2.75, 3.05) is 14.2 Å². The predicted molar refractivity (Wildman–Crippen MR) is 58.1 cm³/mol. The average molecular weight is 237 g/mol. The smallest absolute Gasteiger partial charge is 0.236 e. The quantitative estimate of drug-likeness (QED) is 0.728. The molecule has 0 radical (unpaired) electrons. The fourth-order valence-corrected chi connectivity index (χ4v) is 1.91. The Morgan fingerprint density at radius 3 is 2.65 bits per heavy atom. The second-order valence-electron chi connectivity index (χ2n) is 3.94. The van der Waals surface area contributed by atoms with E-state index in [1.54, 1.807) is 0 Å². The highest BCUT2D eigenvalue weighted by Crippen LogP contribution is 2.31. The van der Waals surface area contributed by atoms with Crippen LogP contribution in [0, 0.1) is 5.82 Å². The van der Waals surface area contributed by atoms with E-state index >= 15 is 0 Å².